The van der Waals surface area contributed by atoms with E-state index in [1.807, 2.05) is 11.4 Å². The van der Waals surface area contributed by atoms with Crippen molar-refractivity contribution < 1.29 is 19.1 Å². The Balaban J connectivity index is 1.57. The molecule has 0 radical (unpaired) electrons. The summed E-state index contributed by atoms with van der Waals surface area (Å²) in [5, 5.41) is 5.17. The van der Waals surface area contributed by atoms with Crippen molar-refractivity contribution in [2.24, 2.45) is 5.92 Å². The first-order chi connectivity index (χ1) is 13.0. The van der Waals surface area contributed by atoms with Crippen LogP contribution in [-0.4, -0.2) is 47.9 Å². The Labute approximate surface area is 164 Å². The number of likely N-dealkylation sites (tertiary alicyclic amines) is 1. The minimum Gasteiger partial charge on any atom is -0.466 e. The number of carbonyl (C=O) groups is 3. The molecule has 27 heavy (non-hydrogen) atoms. The molecule has 2 atom stereocenters. The van der Waals surface area contributed by atoms with E-state index in [1.165, 1.54) is 4.88 Å². The molecule has 0 aromatic carbocycles. The maximum absolute atomic E-state index is 12.8. The van der Waals surface area contributed by atoms with Crippen molar-refractivity contribution in [1.82, 2.24) is 10.2 Å². The third-order valence-corrected chi connectivity index (χ3v) is 6.42. The predicted molar refractivity (Wildman–Crippen MR) is 103 cm³/mol. The molecule has 7 heteroatoms. The summed E-state index contributed by atoms with van der Waals surface area (Å²) in [6.07, 6.45) is 4.69. The molecule has 6 nitrogen and oxygen atoms in total. The van der Waals surface area contributed by atoms with Gasteiger partial charge in [0.15, 0.2) is 0 Å². The van der Waals surface area contributed by atoms with Gasteiger partial charge in [0.25, 0.3) is 0 Å². The highest BCUT2D eigenvalue weighted by Crippen LogP contribution is 2.31. The van der Waals surface area contributed by atoms with Crippen LogP contribution < -0.4 is 5.32 Å². The number of amides is 2. The van der Waals surface area contributed by atoms with Crippen LogP contribution in [0.4, 0.5) is 0 Å². The zero-order chi connectivity index (χ0) is 19.3. The van der Waals surface area contributed by atoms with E-state index < -0.39 is 0 Å². The fraction of sp³-hybridized carbons (Fsp3) is 0.650. The molecule has 2 aliphatic rings. The van der Waals surface area contributed by atoms with Gasteiger partial charge in [-0.1, -0.05) is 6.07 Å². The van der Waals surface area contributed by atoms with Gasteiger partial charge in [-0.2, -0.15) is 0 Å². The Morgan fingerprint density at radius 1 is 1.44 bits per heavy atom. The summed E-state index contributed by atoms with van der Waals surface area (Å²) in [4.78, 5) is 39.6. The SMILES string of the molecule is CCOC(=O)C1CCCN(C(=O)CCC2(Cc3cccs3)CCC(=O)N2)C1. The van der Waals surface area contributed by atoms with E-state index in [-0.39, 0.29) is 29.2 Å². The molecule has 0 saturated carbocycles. The first kappa shape index (κ1) is 19.9. The normalized spacial score (nSPS) is 25.3. The lowest BCUT2D eigenvalue weighted by molar-refractivity contribution is -0.151. The van der Waals surface area contributed by atoms with Crippen LogP contribution in [0, 0.1) is 5.92 Å². The van der Waals surface area contributed by atoms with Gasteiger partial charge >= 0.3 is 5.97 Å². The Kier molecular flexibility index (Phi) is 6.52. The maximum atomic E-state index is 12.8. The second-order valence-electron chi connectivity index (χ2n) is 7.52. The summed E-state index contributed by atoms with van der Waals surface area (Å²) >= 11 is 1.68. The van der Waals surface area contributed by atoms with Gasteiger partial charge in [0.1, 0.15) is 0 Å². The zero-order valence-corrected chi connectivity index (χ0v) is 16.7. The fourth-order valence-electron chi connectivity index (χ4n) is 4.09. The second kappa shape index (κ2) is 8.87. The van der Waals surface area contributed by atoms with Crippen LogP contribution in [0.2, 0.25) is 0 Å². The monoisotopic (exact) mass is 392 g/mol. The van der Waals surface area contributed by atoms with Crippen molar-refractivity contribution in [3.05, 3.63) is 22.4 Å². The number of rotatable bonds is 7. The molecule has 3 heterocycles. The smallest absolute Gasteiger partial charge is 0.310 e. The van der Waals surface area contributed by atoms with E-state index in [9.17, 15) is 14.4 Å². The molecule has 2 amide bonds. The van der Waals surface area contributed by atoms with E-state index in [2.05, 4.69) is 11.4 Å². The Morgan fingerprint density at radius 3 is 2.96 bits per heavy atom. The highest BCUT2D eigenvalue weighted by Gasteiger charge is 2.39. The van der Waals surface area contributed by atoms with Crippen molar-refractivity contribution in [3.8, 4) is 0 Å². The van der Waals surface area contributed by atoms with E-state index in [0.29, 0.717) is 39.0 Å². The first-order valence-electron chi connectivity index (χ1n) is 9.79. The van der Waals surface area contributed by atoms with Crippen LogP contribution in [-0.2, 0) is 25.5 Å². The molecule has 148 valence electrons. The Morgan fingerprint density at radius 2 is 2.30 bits per heavy atom. The second-order valence-corrected chi connectivity index (χ2v) is 8.55. The number of ether oxygens (including phenoxy) is 1. The zero-order valence-electron chi connectivity index (χ0n) is 15.9. The van der Waals surface area contributed by atoms with Crippen molar-refractivity contribution >= 4 is 29.1 Å². The average molecular weight is 393 g/mol. The summed E-state index contributed by atoms with van der Waals surface area (Å²) in [7, 11) is 0. The lowest BCUT2D eigenvalue weighted by Gasteiger charge is -2.33. The van der Waals surface area contributed by atoms with Gasteiger partial charge in [-0.3, -0.25) is 14.4 Å². The van der Waals surface area contributed by atoms with Crippen LogP contribution in [0.1, 0.15) is 50.3 Å². The lowest BCUT2D eigenvalue weighted by Crippen LogP contribution is -2.46. The highest BCUT2D eigenvalue weighted by molar-refractivity contribution is 7.09. The third-order valence-electron chi connectivity index (χ3n) is 5.54. The van der Waals surface area contributed by atoms with Crippen LogP contribution in [0.25, 0.3) is 0 Å². The average Bonchev–Trinajstić information content (AvgIpc) is 3.30. The van der Waals surface area contributed by atoms with Gasteiger partial charge in [-0.05, 0) is 44.1 Å². The molecule has 0 aliphatic carbocycles. The predicted octanol–water partition coefficient (Wildman–Crippen LogP) is 2.52. The number of hydrogen-bond donors (Lipinski definition) is 1. The molecular formula is C20H28N2O4S. The largest absolute Gasteiger partial charge is 0.466 e. The summed E-state index contributed by atoms with van der Waals surface area (Å²) < 4.78 is 5.11. The maximum Gasteiger partial charge on any atom is 0.310 e. The summed E-state index contributed by atoms with van der Waals surface area (Å²) in [5.74, 6) is -0.281. The van der Waals surface area contributed by atoms with Crippen LogP contribution >= 0.6 is 11.3 Å². The molecule has 2 aliphatic heterocycles. The van der Waals surface area contributed by atoms with Crippen molar-refractivity contribution in [2.45, 2.75) is 57.4 Å². The molecule has 1 N–H and O–H groups in total. The van der Waals surface area contributed by atoms with Crippen molar-refractivity contribution in [1.29, 1.82) is 0 Å². The summed E-state index contributed by atoms with van der Waals surface area (Å²) in [5.41, 5.74) is -0.325. The third kappa shape index (κ3) is 5.09. The number of piperidine rings is 1. The molecule has 3 rings (SSSR count). The van der Waals surface area contributed by atoms with Crippen molar-refractivity contribution in [2.75, 3.05) is 19.7 Å². The summed E-state index contributed by atoms with van der Waals surface area (Å²) in [6.45, 7) is 3.31. The number of carbonyl (C=O) groups excluding carboxylic acids is 3. The molecule has 0 spiro atoms. The minimum absolute atomic E-state index is 0.0655. The van der Waals surface area contributed by atoms with Crippen LogP contribution in [0.5, 0.6) is 0 Å². The van der Waals surface area contributed by atoms with Crippen LogP contribution in [0.3, 0.4) is 0 Å². The van der Waals surface area contributed by atoms with Gasteiger partial charge in [0.05, 0.1) is 12.5 Å². The number of nitrogens with one attached hydrogen (secondary N) is 1. The Bertz CT molecular complexity index is 676. The van der Waals surface area contributed by atoms with Gasteiger partial charge in [0.2, 0.25) is 11.8 Å². The van der Waals surface area contributed by atoms with Gasteiger partial charge < -0.3 is 15.0 Å². The minimum atomic E-state index is -0.325. The number of esters is 1. The molecule has 1 aromatic heterocycles. The fourth-order valence-corrected chi connectivity index (χ4v) is 4.94. The van der Waals surface area contributed by atoms with E-state index >= 15 is 0 Å². The highest BCUT2D eigenvalue weighted by atomic mass is 32.1. The topological polar surface area (TPSA) is 75.7 Å². The summed E-state index contributed by atoms with van der Waals surface area (Å²) in [6, 6.07) is 4.09. The molecule has 2 unspecified atom stereocenters. The lowest BCUT2D eigenvalue weighted by atomic mass is 9.87. The quantitative estimate of drug-likeness (QED) is 0.724. The van der Waals surface area contributed by atoms with E-state index in [1.54, 1.807) is 23.2 Å². The number of hydrogen-bond acceptors (Lipinski definition) is 5. The van der Waals surface area contributed by atoms with Crippen LogP contribution in [0.15, 0.2) is 17.5 Å². The number of thiophene rings is 1. The van der Waals surface area contributed by atoms with E-state index in [0.717, 1.165) is 25.7 Å². The van der Waals surface area contributed by atoms with E-state index in [4.69, 9.17) is 4.74 Å². The Hall–Kier alpha value is -1.89. The molecule has 2 fully saturated rings. The molecule has 2 saturated heterocycles. The number of nitrogens with zero attached hydrogens (tertiary/aromatic N) is 1. The van der Waals surface area contributed by atoms with Crippen molar-refractivity contribution in [3.63, 3.8) is 0 Å². The van der Waals surface area contributed by atoms with Gasteiger partial charge in [0, 0.05) is 42.8 Å². The molecule has 0 bridgehead atoms. The first-order valence-corrected chi connectivity index (χ1v) is 10.7. The molecule has 1 aromatic rings. The standard InChI is InChI=1S/C20H28N2O4S/c1-2-26-19(25)15-5-3-11-22(14-15)18(24)8-10-20(9-7-17(23)21-20)13-16-6-4-12-27-16/h4,6,12,15H,2-3,5,7-11,13-14H2,1H3,(H,21,23). The molecular weight excluding hydrogens is 364 g/mol. The van der Waals surface area contributed by atoms with Gasteiger partial charge in [-0.25, -0.2) is 0 Å². The van der Waals surface area contributed by atoms with Gasteiger partial charge in [-0.15, -0.1) is 11.3 Å².